The topological polar surface area (TPSA) is 22.1 Å². The Morgan fingerprint density at radius 1 is 1.10 bits per heavy atom. The molecule has 1 aromatic heterocycles. The predicted octanol–water partition coefficient (Wildman–Crippen LogP) is 4.39. The van der Waals surface area contributed by atoms with Crippen LogP contribution in [0.4, 0.5) is 0 Å². The Balaban J connectivity index is 0.00000147. The Hall–Kier alpha value is -1.80. The van der Waals surface area contributed by atoms with Crippen LogP contribution < -0.4 is 4.74 Å². The number of methoxy groups -OCH3 is 1. The number of rotatable bonds is 2. The highest BCUT2D eigenvalue weighted by molar-refractivity contribution is 5.85. The Bertz CT molecular complexity index is 608. The standard InChI is InChI=1S/C17H17NO.ClH/c1-19-16-5-6-17-14(3-2-4-15(17)12-16)11-13-7-9-18-10-8-13;/h5-12H,2-4H2,1H3;1H. The van der Waals surface area contributed by atoms with Crippen LogP contribution >= 0.6 is 12.4 Å². The van der Waals surface area contributed by atoms with Gasteiger partial charge in [-0.05, 0) is 65.8 Å². The lowest BCUT2D eigenvalue weighted by atomic mass is 9.86. The van der Waals surface area contributed by atoms with Gasteiger partial charge in [-0.1, -0.05) is 12.1 Å². The van der Waals surface area contributed by atoms with E-state index in [2.05, 4.69) is 23.2 Å². The molecule has 0 bridgehead atoms. The minimum Gasteiger partial charge on any atom is -0.497 e. The van der Waals surface area contributed by atoms with Crippen molar-refractivity contribution in [2.24, 2.45) is 0 Å². The maximum Gasteiger partial charge on any atom is 0.119 e. The summed E-state index contributed by atoms with van der Waals surface area (Å²) in [6.45, 7) is 0. The number of fused-ring (bicyclic) bond motifs is 1. The third-order valence-corrected chi connectivity index (χ3v) is 3.60. The number of aromatic nitrogens is 1. The minimum absolute atomic E-state index is 0. The van der Waals surface area contributed by atoms with Gasteiger partial charge in [-0.2, -0.15) is 0 Å². The summed E-state index contributed by atoms with van der Waals surface area (Å²) in [5, 5.41) is 0. The molecule has 2 nitrogen and oxygen atoms in total. The first kappa shape index (κ1) is 14.6. The second-order valence-corrected chi connectivity index (χ2v) is 4.83. The highest BCUT2D eigenvalue weighted by Gasteiger charge is 2.14. The van der Waals surface area contributed by atoms with Gasteiger partial charge in [0.1, 0.15) is 5.75 Å². The van der Waals surface area contributed by atoms with Crippen molar-refractivity contribution < 1.29 is 4.74 Å². The quantitative estimate of drug-likeness (QED) is 0.817. The molecule has 1 aliphatic carbocycles. The van der Waals surface area contributed by atoms with E-state index in [-0.39, 0.29) is 12.4 Å². The second-order valence-electron chi connectivity index (χ2n) is 4.83. The van der Waals surface area contributed by atoms with Crippen molar-refractivity contribution >= 4 is 24.1 Å². The van der Waals surface area contributed by atoms with Gasteiger partial charge in [-0.15, -0.1) is 12.4 Å². The molecule has 2 aromatic rings. The van der Waals surface area contributed by atoms with E-state index in [1.54, 1.807) is 7.11 Å². The number of ether oxygens (including phenoxy) is 1. The lowest BCUT2D eigenvalue weighted by molar-refractivity contribution is 0.414. The van der Waals surface area contributed by atoms with Crippen LogP contribution in [0.15, 0.2) is 42.7 Å². The molecule has 0 saturated heterocycles. The van der Waals surface area contributed by atoms with Crippen LogP contribution in [0.5, 0.6) is 5.75 Å². The van der Waals surface area contributed by atoms with Gasteiger partial charge >= 0.3 is 0 Å². The summed E-state index contributed by atoms with van der Waals surface area (Å²) in [7, 11) is 1.72. The summed E-state index contributed by atoms with van der Waals surface area (Å²) in [4.78, 5) is 4.06. The molecule has 1 aliphatic rings. The lowest BCUT2D eigenvalue weighted by Gasteiger charge is -2.20. The average molecular weight is 288 g/mol. The molecular weight excluding hydrogens is 270 g/mol. The molecule has 0 saturated carbocycles. The number of nitrogens with zero attached hydrogens (tertiary/aromatic N) is 1. The Morgan fingerprint density at radius 2 is 1.90 bits per heavy atom. The number of aryl methyl sites for hydroxylation is 1. The maximum atomic E-state index is 5.31. The van der Waals surface area contributed by atoms with Crippen molar-refractivity contribution in [3.8, 4) is 5.75 Å². The Morgan fingerprint density at radius 3 is 2.65 bits per heavy atom. The summed E-state index contributed by atoms with van der Waals surface area (Å²) >= 11 is 0. The van der Waals surface area contributed by atoms with Crippen molar-refractivity contribution in [1.29, 1.82) is 0 Å². The van der Waals surface area contributed by atoms with Crippen LogP contribution in [0.25, 0.3) is 11.6 Å². The molecule has 0 spiro atoms. The van der Waals surface area contributed by atoms with Crippen LogP contribution in [0.2, 0.25) is 0 Å². The monoisotopic (exact) mass is 287 g/mol. The molecule has 1 aromatic carbocycles. The summed E-state index contributed by atoms with van der Waals surface area (Å²) in [5.41, 5.74) is 5.39. The van der Waals surface area contributed by atoms with Crippen LogP contribution in [0, 0.1) is 0 Å². The molecule has 0 unspecified atom stereocenters. The first-order valence-electron chi connectivity index (χ1n) is 6.65. The van der Waals surface area contributed by atoms with Gasteiger partial charge in [0.2, 0.25) is 0 Å². The van der Waals surface area contributed by atoms with Gasteiger partial charge in [0.05, 0.1) is 7.11 Å². The summed E-state index contributed by atoms with van der Waals surface area (Å²) in [5.74, 6) is 0.948. The summed E-state index contributed by atoms with van der Waals surface area (Å²) in [6.07, 6.45) is 9.43. The molecule has 3 heteroatoms. The van der Waals surface area contributed by atoms with E-state index in [4.69, 9.17) is 4.74 Å². The normalized spacial score (nSPS) is 15.3. The molecule has 0 aliphatic heterocycles. The van der Waals surface area contributed by atoms with E-state index >= 15 is 0 Å². The SMILES string of the molecule is COc1ccc2c(c1)CCCC2=Cc1ccncc1.Cl. The van der Waals surface area contributed by atoms with Crippen LogP contribution in [0.3, 0.4) is 0 Å². The second kappa shape index (κ2) is 6.58. The zero-order chi connectivity index (χ0) is 13.1. The Labute approximate surface area is 125 Å². The summed E-state index contributed by atoms with van der Waals surface area (Å²) < 4.78 is 5.31. The van der Waals surface area contributed by atoms with Gasteiger partial charge in [0.25, 0.3) is 0 Å². The van der Waals surface area contributed by atoms with Crippen LogP contribution in [-0.4, -0.2) is 12.1 Å². The molecule has 0 fully saturated rings. The minimum atomic E-state index is 0. The molecule has 1 heterocycles. The third-order valence-electron chi connectivity index (χ3n) is 3.60. The van der Waals surface area contributed by atoms with Crippen molar-refractivity contribution in [1.82, 2.24) is 4.98 Å². The first-order valence-corrected chi connectivity index (χ1v) is 6.65. The van der Waals surface area contributed by atoms with Crippen LogP contribution in [0.1, 0.15) is 29.5 Å². The molecule has 0 radical (unpaired) electrons. The van der Waals surface area contributed by atoms with Crippen molar-refractivity contribution in [2.45, 2.75) is 19.3 Å². The molecule has 20 heavy (non-hydrogen) atoms. The number of allylic oxidation sites excluding steroid dienone is 1. The molecule has 0 N–H and O–H groups in total. The largest absolute Gasteiger partial charge is 0.497 e. The zero-order valence-corrected chi connectivity index (χ0v) is 12.3. The van der Waals surface area contributed by atoms with Gasteiger partial charge in [-0.3, -0.25) is 4.98 Å². The molecule has 0 atom stereocenters. The Kier molecular flexibility index (Phi) is 4.80. The summed E-state index contributed by atoms with van der Waals surface area (Å²) in [6, 6.07) is 10.5. The number of benzene rings is 1. The number of pyridine rings is 1. The average Bonchev–Trinajstić information content (AvgIpc) is 2.48. The van der Waals surface area contributed by atoms with E-state index in [1.807, 2.05) is 30.6 Å². The van der Waals surface area contributed by atoms with Crippen LogP contribution in [-0.2, 0) is 6.42 Å². The molecule has 104 valence electrons. The number of halogens is 1. The smallest absolute Gasteiger partial charge is 0.119 e. The zero-order valence-electron chi connectivity index (χ0n) is 11.5. The van der Waals surface area contributed by atoms with Gasteiger partial charge in [0.15, 0.2) is 0 Å². The van der Waals surface area contributed by atoms with Gasteiger partial charge < -0.3 is 4.74 Å². The molecular formula is C17H18ClNO. The number of hydrogen-bond acceptors (Lipinski definition) is 2. The molecule has 3 rings (SSSR count). The highest BCUT2D eigenvalue weighted by Crippen LogP contribution is 2.34. The van der Waals surface area contributed by atoms with E-state index < -0.39 is 0 Å². The van der Waals surface area contributed by atoms with Crippen molar-refractivity contribution in [2.75, 3.05) is 7.11 Å². The van der Waals surface area contributed by atoms with Gasteiger partial charge in [0, 0.05) is 12.4 Å². The van der Waals surface area contributed by atoms with E-state index in [0.717, 1.165) is 18.6 Å². The van der Waals surface area contributed by atoms with E-state index in [1.165, 1.54) is 28.7 Å². The van der Waals surface area contributed by atoms with E-state index in [9.17, 15) is 0 Å². The predicted molar refractivity (Wildman–Crippen MR) is 85.3 cm³/mol. The van der Waals surface area contributed by atoms with Gasteiger partial charge in [-0.25, -0.2) is 0 Å². The number of hydrogen-bond donors (Lipinski definition) is 0. The van der Waals surface area contributed by atoms with Crippen molar-refractivity contribution in [3.63, 3.8) is 0 Å². The fraction of sp³-hybridized carbons (Fsp3) is 0.235. The maximum absolute atomic E-state index is 5.31. The fourth-order valence-corrected chi connectivity index (χ4v) is 2.63. The third kappa shape index (κ3) is 3.02. The molecule has 0 amide bonds. The fourth-order valence-electron chi connectivity index (χ4n) is 2.63. The lowest BCUT2D eigenvalue weighted by Crippen LogP contribution is -2.02. The first-order chi connectivity index (χ1) is 9.36. The van der Waals surface area contributed by atoms with E-state index in [0.29, 0.717) is 0 Å². The van der Waals surface area contributed by atoms with Crippen molar-refractivity contribution in [3.05, 3.63) is 59.4 Å². The highest BCUT2D eigenvalue weighted by atomic mass is 35.5.